The van der Waals surface area contributed by atoms with Crippen molar-refractivity contribution in [1.82, 2.24) is 10.2 Å². The van der Waals surface area contributed by atoms with Gasteiger partial charge in [0.05, 0.1) is 5.02 Å². The number of likely N-dealkylation sites (tertiary alicyclic amines) is 1. The minimum absolute atomic E-state index is 0.224. The number of nitrogens with zero attached hydrogens (tertiary/aromatic N) is 1. The van der Waals surface area contributed by atoms with E-state index in [9.17, 15) is 4.39 Å². The summed E-state index contributed by atoms with van der Waals surface area (Å²) < 4.78 is 13.1. The van der Waals surface area contributed by atoms with Crippen LogP contribution < -0.4 is 5.32 Å². The summed E-state index contributed by atoms with van der Waals surface area (Å²) in [6.45, 7) is 4.26. The van der Waals surface area contributed by atoms with Crippen LogP contribution in [0.1, 0.15) is 18.4 Å². The highest BCUT2D eigenvalue weighted by atomic mass is 35.5. The Labute approximate surface area is 112 Å². The molecule has 2 aliphatic heterocycles. The topological polar surface area (TPSA) is 15.3 Å². The lowest BCUT2D eigenvalue weighted by Gasteiger charge is -2.24. The molecule has 2 saturated heterocycles. The first-order chi connectivity index (χ1) is 8.72. The van der Waals surface area contributed by atoms with Crippen molar-refractivity contribution in [3.63, 3.8) is 0 Å². The molecule has 0 bridgehead atoms. The molecule has 0 radical (unpaired) electrons. The van der Waals surface area contributed by atoms with E-state index in [1.165, 1.54) is 18.9 Å². The maximum atomic E-state index is 13.1. The third kappa shape index (κ3) is 2.53. The molecule has 2 nitrogen and oxygen atoms in total. The number of fused-ring (bicyclic) bond motifs is 1. The van der Waals surface area contributed by atoms with Gasteiger partial charge in [-0.05, 0) is 43.0 Å². The van der Waals surface area contributed by atoms with Gasteiger partial charge in [0.1, 0.15) is 5.82 Å². The van der Waals surface area contributed by atoms with E-state index < -0.39 is 0 Å². The maximum absolute atomic E-state index is 13.1. The van der Waals surface area contributed by atoms with E-state index in [0.29, 0.717) is 6.04 Å². The predicted octanol–water partition coefficient (Wildman–Crippen LogP) is 2.66. The first-order valence-electron chi connectivity index (χ1n) is 6.62. The van der Waals surface area contributed by atoms with Crippen LogP contribution >= 0.6 is 11.6 Å². The van der Waals surface area contributed by atoms with Crippen LogP contribution in [0, 0.1) is 11.7 Å². The van der Waals surface area contributed by atoms with Crippen LogP contribution in [-0.2, 0) is 6.54 Å². The average molecular weight is 269 g/mol. The third-order valence-corrected chi connectivity index (χ3v) is 4.35. The Morgan fingerprint density at radius 1 is 1.39 bits per heavy atom. The Morgan fingerprint density at radius 3 is 3.06 bits per heavy atom. The van der Waals surface area contributed by atoms with E-state index >= 15 is 0 Å². The van der Waals surface area contributed by atoms with Gasteiger partial charge in [-0.3, -0.25) is 4.90 Å². The molecule has 1 aromatic carbocycles. The molecule has 1 aromatic rings. The van der Waals surface area contributed by atoms with Gasteiger partial charge in [-0.1, -0.05) is 17.7 Å². The molecule has 2 aliphatic rings. The van der Waals surface area contributed by atoms with Crippen molar-refractivity contribution in [2.75, 3.05) is 19.6 Å². The van der Waals surface area contributed by atoms with Crippen LogP contribution in [0.4, 0.5) is 4.39 Å². The highest BCUT2D eigenvalue weighted by Crippen LogP contribution is 2.26. The number of nitrogens with one attached hydrogen (secondary N) is 1. The third-order valence-electron chi connectivity index (χ3n) is 4.07. The standard InChI is InChI=1S/C14H18ClFN2/c15-12-6-10(3-4-13(12)16)7-18-8-11-2-1-5-17-14(11)9-18/h3-4,6,11,14,17H,1-2,5,7-9H2/t11-,14+/m0/s1. The van der Waals surface area contributed by atoms with E-state index in [0.717, 1.165) is 37.7 Å². The van der Waals surface area contributed by atoms with Crippen LogP contribution in [0.25, 0.3) is 0 Å². The van der Waals surface area contributed by atoms with Crippen molar-refractivity contribution in [3.8, 4) is 0 Å². The van der Waals surface area contributed by atoms with E-state index in [2.05, 4.69) is 10.2 Å². The Kier molecular flexibility index (Phi) is 3.55. The number of hydrogen-bond donors (Lipinski definition) is 1. The molecule has 0 saturated carbocycles. The summed E-state index contributed by atoms with van der Waals surface area (Å²) in [4.78, 5) is 2.44. The number of rotatable bonds is 2. The van der Waals surface area contributed by atoms with Gasteiger partial charge in [0, 0.05) is 25.7 Å². The van der Waals surface area contributed by atoms with Crippen molar-refractivity contribution in [2.24, 2.45) is 5.92 Å². The molecule has 4 heteroatoms. The van der Waals surface area contributed by atoms with Gasteiger partial charge in [-0.15, -0.1) is 0 Å². The van der Waals surface area contributed by atoms with Crippen molar-refractivity contribution in [1.29, 1.82) is 0 Å². The number of benzene rings is 1. The molecular weight excluding hydrogens is 251 g/mol. The zero-order valence-corrected chi connectivity index (χ0v) is 11.1. The quantitative estimate of drug-likeness (QED) is 0.887. The van der Waals surface area contributed by atoms with Crippen molar-refractivity contribution in [2.45, 2.75) is 25.4 Å². The number of halogens is 2. The van der Waals surface area contributed by atoms with Crippen LogP contribution in [-0.4, -0.2) is 30.6 Å². The normalized spacial score (nSPS) is 28.3. The largest absolute Gasteiger partial charge is 0.312 e. The molecule has 2 fully saturated rings. The molecule has 0 amide bonds. The van der Waals surface area contributed by atoms with Crippen molar-refractivity contribution < 1.29 is 4.39 Å². The van der Waals surface area contributed by atoms with E-state index in [1.54, 1.807) is 6.07 Å². The average Bonchev–Trinajstić information content (AvgIpc) is 2.76. The molecule has 0 aromatic heterocycles. The molecular formula is C14H18ClFN2. The van der Waals surface area contributed by atoms with E-state index in [1.807, 2.05) is 6.07 Å². The van der Waals surface area contributed by atoms with Gasteiger partial charge in [-0.2, -0.15) is 0 Å². The lowest BCUT2D eigenvalue weighted by Crippen LogP contribution is -2.40. The minimum atomic E-state index is -0.336. The monoisotopic (exact) mass is 268 g/mol. The molecule has 3 rings (SSSR count). The molecule has 2 atom stereocenters. The SMILES string of the molecule is Fc1ccc(CN2C[C@@H]3CCCN[C@@H]3C2)cc1Cl. The molecule has 18 heavy (non-hydrogen) atoms. The first kappa shape index (κ1) is 12.4. The molecule has 1 N–H and O–H groups in total. The van der Waals surface area contributed by atoms with Crippen LogP contribution in [0.3, 0.4) is 0 Å². The number of hydrogen-bond acceptors (Lipinski definition) is 2. The number of piperidine rings is 1. The van der Waals surface area contributed by atoms with Gasteiger partial charge in [-0.25, -0.2) is 4.39 Å². The van der Waals surface area contributed by atoms with Crippen LogP contribution in [0.5, 0.6) is 0 Å². The first-order valence-corrected chi connectivity index (χ1v) is 7.00. The molecule has 2 heterocycles. The van der Waals surface area contributed by atoms with E-state index in [4.69, 9.17) is 11.6 Å². The molecule has 0 unspecified atom stereocenters. The summed E-state index contributed by atoms with van der Waals surface area (Å²) in [5.41, 5.74) is 1.10. The summed E-state index contributed by atoms with van der Waals surface area (Å²) in [6.07, 6.45) is 2.62. The van der Waals surface area contributed by atoms with E-state index in [-0.39, 0.29) is 10.8 Å². The van der Waals surface area contributed by atoms with Gasteiger partial charge < -0.3 is 5.32 Å². The predicted molar refractivity (Wildman–Crippen MR) is 71.2 cm³/mol. The fourth-order valence-corrected chi connectivity index (χ4v) is 3.36. The van der Waals surface area contributed by atoms with Crippen molar-refractivity contribution in [3.05, 3.63) is 34.6 Å². The lowest BCUT2D eigenvalue weighted by molar-refractivity contribution is 0.312. The zero-order valence-electron chi connectivity index (χ0n) is 10.3. The van der Waals surface area contributed by atoms with Gasteiger partial charge in [0.15, 0.2) is 0 Å². The van der Waals surface area contributed by atoms with Gasteiger partial charge >= 0.3 is 0 Å². The second-order valence-corrected chi connectivity index (χ2v) is 5.81. The fraction of sp³-hybridized carbons (Fsp3) is 0.571. The second-order valence-electron chi connectivity index (χ2n) is 5.41. The van der Waals surface area contributed by atoms with Crippen LogP contribution in [0.2, 0.25) is 5.02 Å². The summed E-state index contributed by atoms with van der Waals surface area (Å²) in [5.74, 6) is 0.451. The fourth-order valence-electron chi connectivity index (χ4n) is 3.16. The molecule has 98 valence electrons. The Hall–Kier alpha value is -0.640. The van der Waals surface area contributed by atoms with Gasteiger partial charge in [0.2, 0.25) is 0 Å². The van der Waals surface area contributed by atoms with Crippen LogP contribution in [0.15, 0.2) is 18.2 Å². The molecule has 0 spiro atoms. The zero-order chi connectivity index (χ0) is 12.5. The van der Waals surface area contributed by atoms with Gasteiger partial charge in [0.25, 0.3) is 0 Å². The maximum Gasteiger partial charge on any atom is 0.141 e. The second kappa shape index (κ2) is 5.16. The Morgan fingerprint density at radius 2 is 2.28 bits per heavy atom. The minimum Gasteiger partial charge on any atom is -0.312 e. The highest BCUT2D eigenvalue weighted by molar-refractivity contribution is 6.30. The summed E-state index contributed by atoms with van der Waals surface area (Å²) >= 11 is 5.82. The summed E-state index contributed by atoms with van der Waals surface area (Å²) in [6, 6.07) is 5.68. The summed E-state index contributed by atoms with van der Waals surface area (Å²) in [5, 5.41) is 3.81. The highest BCUT2D eigenvalue weighted by Gasteiger charge is 2.33. The Bertz CT molecular complexity index is 424. The lowest BCUT2D eigenvalue weighted by atomic mass is 9.94. The molecule has 0 aliphatic carbocycles. The smallest absolute Gasteiger partial charge is 0.141 e. The van der Waals surface area contributed by atoms with Crippen molar-refractivity contribution >= 4 is 11.6 Å². The Balaban J connectivity index is 1.64. The summed E-state index contributed by atoms with van der Waals surface area (Å²) in [7, 11) is 0.